The molecule has 12 unspecified atom stereocenters. The Balaban J connectivity index is -0.00000370. The van der Waals surface area contributed by atoms with E-state index in [0.29, 0.717) is 19.5 Å². The summed E-state index contributed by atoms with van der Waals surface area (Å²) in [6.45, 7) is 1.25. The molecule has 0 heterocycles. The second-order valence-electron chi connectivity index (χ2n) is 13.4. The van der Waals surface area contributed by atoms with E-state index < -0.39 is 99.6 Å². The number of aliphatic hydroxyl groups excluding tert-OH is 14. The van der Waals surface area contributed by atoms with Gasteiger partial charge in [0.05, 0.1) is 103 Å². The number of carbonyl (C=O) groups is 1. The van der Waals surface area contributed by atoms with Gasteiger partial charge in [-0.05, 0) is 12.8 Å². The quantitative estimate of drug-likeness (QED) is 0.0201. The minimum absolute atomic E-state index is 0.0182. The van der Waals surface area contributed by atoms with Crippen LogP contribution in [-0.2, 0) is 33.2 Å². The first kappa shape index (κ1) is 62.9. The van der Waals surface area contributed by atoms with E-state index in [9.17, 15) is 66.1 Å². The van der Waals surface area contributed by atoms with Gasteiger partial charge < -0.3 is 111 Å². The summed E-state index contributed by atoms with van der Waals surface area (Å²) < 4.78 is 30.8. The molecule has 0 fully saturated rings. The molecule has 17 N–H and O–H groups in total. The van der Waals surface area contributed by atoms with Gasteiger partial charge >= 0.3 is 0 Å². The van der Waals surface area contributed by atoms with Crippen LogP contribution in [-0.4, -0.2) is 282 Å². The molecular formula is C36H79N3O21. The fourth-order valence-corrected chi connectivity index (χ4v) is 4.71. The van der Waals surface area contributed by atoms with Crippen molar-refractivity contribution in [3.05, 3.63) is 0 Å². The zero-order valence-corrected chi connectivity index (χ0v) is 35.3. The highest BCUT2D eigenvalue weighted by atomic mass is 16.5. The molecule has 0 saturated heterocycles. The van der Waals surface area contributed by atoms with Crippen molar-refractivity contribution >= 4 is 6.41 Å². The minimum atomic E-state index is -1.69. The van der Waals surface area contributed by atoms with Gasteiger partial charge in [-0.25, -0.2) is 0 Å². The first-order valence-corrected chi connectivity index (χ1v) is 19.9. The Morgan fingerprint density at radius 2 is 0.800 bits per heavy atom. The number of amides is 1. The summed E-state index contributed by atoms with van der Waals surface area (Å²) in [5.74, 6) is 0. The Bertz CT molecular complexity index is 886. The fraction of sp³-hybridized carbons (Fsp3) is 0.972. The molecule has 24 heteroatoms. The van der Waals surface area contributed by atoms with Gasteiger partial charge in [0.2, 0.25) is 6.41 Å². The second kappa shape index (κ2) is 42.9. The Kier molecular flexibility index (Phi) is 44.9. The molecule has 0 aliphatic rings. The lowest BCUT2D eigenvalue weighted by Crippen LogP contribution is -2.51. The third-order valence-electron chi connectivity index (χ3n) is 7.62. The number of hydrogen-bond acceptors (Lipinski definition) is 23. The molecule has 0 bridgehead atoms. The summed E-state index contributed by atoms with van der Waals surface area (Å²) in [7, 11) is 1.43. The molecule has 0 aliphatic carbocycles. The van der Waals surface area contributed by atoms with Crippen molar-refractivity contribution in [2.75, 3.05) is 126 Å². The number of ether oxygens (including phenoxy) is 6. The van der Waals surface area contributed by atoms with Gasteiger partial charge in [0, 0.05) is 53.0 Å². The summed E-state index contributed by atoms with van der Waals surface area (Å²) in [5, 5.41) is 141. The van der Waals surface area contributed by atoms with Crippen molar-refractivity contribution in [1.29, 1.82) is 0 Å². The largest absolute Gasteiger partial charge is 0.396 e. The van der Waals surface area contributed by atoms with Gasteiger partial charge in [-0.15, -0.1) is 0 Å². The lowest BCUT2D eigenvalue weighted by atomic mass is 10.0. The van der Waals surface area contributed by atoms with Gasteiger partial charge in [-0.3, -0.25) is 9.69 Å². The van der Waals surface area contributed by atoms with Crippen molar-refractivity contribution < 1.29 is 105 Å². The topological polar surface area (TPSA) is 397 Å². The molecule has 12 atom stereocenters. The lowest BCUT2D eigenvalue weighted by Gasteiger charge is -2.33. The molecule has 0 saturated carbocycles. The molecular weight excluding hydrogens is 810 g/mol. The van der Waals surface area contributed by atoms with Crippen molar-refractivity contribution in [2.24, 2.45) is 5.73 Å². The van der Waals surface area contributed by atoms with Gasteiger partial charge in [0.1, 0.15) is 42.7 Å². The number of methoxy groups -OCH3 is 1. The number of nitrogens with zero attached hydrogens (tertiary/aromatic N) is 1. The van der Waals surface area contributed by atoms with Crippen LogP contribution in [0.3, 0.4) is 0 Å². The molecule has 60 heavy (non-hydrogen) atoms. The highest BCUT2D eigenvalue weighted by Gasteiger charge is 2.31. The zero-order chi connectivity index (χ0) is 46.3. The first-order chi connectivity index (χ1) is 28.6. The van der Waals surface area contributed by atoms with Crippen LogP contribution in [0.25, 0.3) is 0 Å². The van der Waals surface area contributed by atoms with E-state index in [2.05, 4.69) is 5.32 Å². The molecule has 24 nitrogen and oxygen atoms in total. The summed E-state index contributed by atoms with van der Waals surface area (Å²) >= 11 is 0. The van der Waals surface area contributed by atoms with E-state index in [-0.39, 0.29) is 92.1 Å². The molecule has 364 valence electrons. The third kappa shape index (κ3) is 37.2. The average molecular weight is 890 g/mol. The van der Waals surface area contributed by atoms with Crippen LogP contribution in [0.5, 0.6) is 0 Å². The highest BCUT2D eigenvalue weighted by molar-refractivity contribution is 5.45. The van der Waals surface area contributed by atoms with Crippen molar-refractivity contribution in [3.63, 3.8) is 0 Å². The molecule has 0 radical (unpaired) electrons. The van der Waals surface area contributed by atoms with Gasteiger partial charge in [-0.1, -0.05) is 13.8 Å². The number of nitrogens with two attached hydrogens (primary N) is 1. The predicted molar refractivity (Wildman–Crippen MR) is 212 cm³/mol. The average Bonchev–Trinajstić information content (AvgIpc) is 3.20. The van der Waals surface area contributed by atoms with E-state index in [1.165, 1.54) is 12.0 Å². The first-order valence-electron chi connectivity index (χ1n) is 19.9. The number of carbonyl (C=O) groups excluding carboxylic acids is 1. The predicted octanol–water partition coefficient (Wildman–Crippen LogP) is -8.17. The number of nitrogens with one attached hydrogen (secondary N) is 1. The van der Waals surface area contributed by atoms with Crippen LogP contribution in [0.15, 0.2) is 0 Å². The third-order valence-corrected chi connectivity index (χ3v) is 7.62. The zero-order valence-electron chi connectivity index (χ0n) is 35.3. The fourth-order valence-electron chi connectivity index (χ4n) is 4.71. The summed E-state index contributed by atoms with van der Waals surface area (Å²) in [4.78, 5) is 10.6. The normalized spacial score (nSPS) is 17.6. The smallest absolute Gasteiger partial charge is 0.207 e. The van der Waals surface area contributed by atoms with Crippen LogP contribution in [0.2, 0.25) is 0 Å². The van der Waals surface area contributed by atoms with E-state index >= 15 is 0 Å². The molecule has 0 rings (SSSR count). The molecule has 1 amide bonds. The minimum Gasteiger partial charge on any atom is -0.396 e. The SMILES string of the molecule is CC.COCC(O)COCC(O)COCC(O)COCC(O)COCC(O)COCC(O)CN(CC(O)C(O)C(O)CCO)CC(O)C(O)C(O)CCO.NCCNC=O. The van der Waals surface area contributed by atoms with Gasteiger partial charge in [-0.2, -0.15) is 0 Å². The second-order valence-corrected chi connectivity index (χ2v) is 13.4. The molecule has 0 spiro atoms. The van der Waals surface area contributed by atoms with Crippen molar-refractivity contribution in [2.45, 2.75) is 99.9 Å². The van der Waals surface area contributed by atoms with E-state index in [4.69, 9.17) is 44.4 Å². The maximum absolute atomic E-state index is 10.5. The Morgan fingerprint density at radius 3 is 1.05 bits per heavy atom. The monoisotopic (exact) mass is 890 g/mol. The van der Waals surface area contributed by atoms with Crippen LogP contribution in [0, 0.1) is 0 Å². The Hall–Kier alpha value is -1.41. The van der Waals surface area contributed by atoms with Crippen LogP contribution in [0.4, 0.5) is 0 Å². The highest BCUT2D eigenvalue weighted by Crippen LogP contribution is 2.11. The van der Waals surface area contributed by atoms with E-state index in [0.717, 1.165) is 0 Å². The number of aliphatic hydroxyl groups is 14. The molecule has 0 aromatic rings. The molecule has 0 aliphatic heterocycles. The number of hydrogen-bond donors (Lipinski definition) is 16. The molecule has 0 aromatic carbocycles. The van der Waals surface area contributed by atoms with Crippen LogP contribution in [0.1, 0.15) is 26.7 Å². The van der Waals surface area contributed by atoms with E-state index in [1.807, 2.05) is 13.8 Å². The van der Waals surface area contributed by atoms with Crippen LogP contribution < -0.4 is 11.1 Å². The Labute approximate surface area is 352 Å². The van der Waals surface area contributed by atoms with Crippen LogP contribution >= 0.6 is 0 Å². The lowest BCUT2D eigenvalue weighted by molar-refractivity contribution is -0.109. The van der Waals surface area contributed by atoms with E-state index in [1.54, 1.807) is 0 Å². The maximum Gasteiger partial charge on any atom is 0.207 e. The van der Waals surface area contributed by atoms with Gasteiger partial charge in [0.15, 0.2) is 0 Å². The standard InChI is InChI=1S/C31H65NO20.C3H8N2O.C2H6/c1-47-9-21(36)11-49-13-23(38)15-51-17-25(40)19-52-18-24(39)16-50-14-22(37)12-48-10-20(35)6-32(7-28(43)30(45)26(41)2-4-33)8-29(44)31(46)27(42)3-5-34;4-1-2-5-3-6;1-2/h20-31,33-46H,2-19H2,1H3;3H,1-2,4H2,(H,5,6);1-2H3. The van der Waals surface area contributed by atoms with Gasteiger partial charge in [0.25, 0.3) is 0 Å². The number of rotatable bonds is 39. The van der Waals surface area contributed by atoms with Crippen molar-refractivity contribution in [3.8, 4) is 0 Å². The maximum atomic E-state index is 10.5. The Morgan fingerprint density at radius 1 is 0.500 bits per heavy atom. The molecule has 0 aromatic heterocycles. The summed E-state index contributed by atoms with van der Waals surface area (Å²) in [5.41, 5.74) is 4.99. The summed E-state index contributed by atoms with van der Waals surface area (Å²) in [6.07, 6.45) is -15.7. The summed E-state index contributed by atoms with van der Waals surface area (Å²) in [6, 6.07) is 0. The van der Waals surface area contributed by atoms with Crippen molar-refractivity contribution in [1.82, 2.24) is 10.2 Å².